The Bertz CT molecular complexity index is 779. The van der Waals surface area contributed by atoms with Gasteiger partial charge in [0, 0.05) is 16.7 Å². The van der Waals surface area contributed by atoms with Gasteiger partial charge in [-0.15, -0.1) is 0 Å². The van der Waals surface area contributed by atoms with Crippen molar-refractivity contribution in [1.82, 2.24) is 10.8 Å². The van der Waals surface area contributed by atoms with E-state index in [0.29, 0.717) is 24.3 Å². The van der Waals surface area contributed by atoms with Crippen molar-refractivity contribution in [2.45, 2.75) is 50.1 Å². The Morgan fingerprint density at radius 3 is 2.48 bits per heavy atom. The van der Waals surface area contributed by atoms with E-state index in [2.05, 4.69) is 23.2 Å². The summed E-state index contributed by atoms with van der Waals surface area (Å²) in [5, 5.41) is 11.5. The highest BCUT2D eigenvalue weighted by Gasteiger charge is 2.50. The third kappa shape index (κ3) is 4.97. The maximum Gasteiger partial charge on any atom is 0.267 e. The summed E-state index contributed by atoms with van der Waals surface area (Å²) >= 11 is 0. The maximum absolute atomic E-state index is 12.4. The van der Waals surface area contributed by atoms with Gasteiger partial charge in [0.1, 0.15) is 6.04 Å². The van der Waals surface area contributed by atoms with Crippen molar-refractivity contribution < 1.29 is 14.8 Å². The van der Waals surface area contributed by atoms with Crippen LogP contribution in [0.5, 0.6) is 0 Å². The summed E-state index contributed by atoms with van der Waals surface area (Å²) in [7, 11) is 0. The van der Waals surface area contributed by atoms with E-state index in [-0.39, 0.29) is 0 Å². The number of hydrogen-bond donors (Lipinski definition) is 4. The second-order valence-electron chi connectivity index (χ2n) is 7.37. The summed E-state index contributed by atoms with van der Waals surface area (Å²) in [6.45, 7) is 0. The van der Waals surface area contributed by atoms with Crippen LogP contribution in [-0.2, 0) is 4.79 Å². The van der Waals surface area contributed by atoms with Crippen molar-refractivity contribution in [2.75, 3.05) is 0 Å². The number of nitrogens with two attached hydrogens (primary N) is 1. The van der Waals surface area contributed by atoms with E-state index in [4.69, 9.17) is 10.9 Å². The van der Waals surface area contributed by atoms with Crippen molar-refractivity contribution >= 4 is 11.8 Å². The fourth-order valence-corrected chi connectivity index (χ4v) is 3.35. The minimum Gasteiger partial charge on any atom is -0.338 e. The molecule has 0 spiro atoms. The zero-order valence-corrected chi connectivity index (χ0v) is 15.2. The quantitative estimate of drug-likeness (QED) is 0.362. The van der Waals surface area contributed by atoms with Crippen LogP contribution in [-0.4, -0.2) is 28.6 Å². The molecule has 1 atom stereocenters. The molecule has 1 aromatic rings. The number of allylic oxidation sites excluding steroid dienone is 2. The monoisotopic (exact) mass is 367 g/mol. The molecule has 142 valence electrons. The van der Waals surface area contributed by atoms with Crippen LogP contribution in [0.1, 0.15) is 54.4 Å². The number of carbonyl (C=O) groups excluding carboxylic acids is 2. The zero-order chi connectivity index (χ0) is 19.3. The van der Waals surface area contributed by atoms with Crippen LogP contribution in [0.25, 0.3) is 0 Å². The fraction of sp³-hybridized carbons (Fsp3) is 0.429. The zero-order valence-electron chi connectivity index (χ0n) is 15.2. The first-order chi connectivity index (χ1) is 13.0. The summed E-state index contributed by atoms with van der Waals surface area (Å²) in [5.41, 5.74) is 8.01. The van der Waals surface area contributed by atoms with E-state index < -0.39 is 23.4 Å². The van der Waals surface area contributed by atoms with Crippen LogP contribution in [0, 0.1) is 17.8 Å². The van der Waals surface area contributed by atoms with Crippen molar-refractivity contribution in [3.63, 3.8) is 0 Å². The van der Waals surface area contributed by atoms with E-state index in [1.807, 2.05) is 6.08 Å². The third-order valence-electron chi connectivity index (χ3n) is 5.27. The van der Waals surface area contributed by atoms with Crippen LogP contribution in [0.2, 0.25) is 0 Å². The standard InChI is InChI=1S/C21H25N3O3/c22-21(13-14-21)18(20(26)24-27)23-19(25)17-11-9-16(10-12-17)8-4-3-7-15-5-1-2-6-15/h3,7,9-12,15,18,27H,1-2,5-6,13-14,22H2,(H,23,25)(H,24,26)/b7-3+/t18-/m1/s1. The lowest BCUT2D eigenvalue weighted by Crippen LogP contribution is -2.57. The SMILES string of the molecule is NC1([C@H](NC(=O)c2ccc(C#C/C=C/C3CCCC3)cc2)C(=O)NO)CC1. The number of hydroxylamine groups is 1. The van der Waals surface area contributed by atoms with Gasteiger partial charge >= 0.3 is 0 Å². The first-order valence-corrected chi connectivity index (χ1v) is 9.34. The minimum atomic E-state index is -0.963. The Hall–Kier alpha value is -2.62. The lowest BCUT2D eigenvalue weighted by atomic mass is 10.1. The van der Waals surface area contributed by atoms with Gasteiger partial charge in [-0.25, -0.2) is 5.48 Å². The molecule has 1 aromatic carbocycles. The van der Waals surface area contributed by atoms with Crippen molar-refractivity contribution in [3.8, 4) is 11.8 Å². The molecular weight excluding hydrogens is 342 g/mol. The number of hydrogen-bond acceptors (Lipinski definition) is 4. The highest BCUT2D eigenvalue weighted by Crippen LogP contribution is 2.36. The largest absolute Gasteiger partial charge is 0.338 e. The summed E-state index contributed by atoms with van der Waals surface area (Å²) < 4.78 is 0. The summed E-state index contributed by atoms with van der Waals surface area (Å²) in [4.78, 5) is 24.2. The molecule has 0 aromatic heterocycles. The predicted octanol–water partition coefficient (Wildman–Crippen LogP) is 1.88. The molecule has 2 aliphatic carbocycles. The molecule has 0 bridgehead atoms. The molecule has 0 aliphatic heterocycles. The number of rotatable bonds is 5. The molecule has 3 rings (SSSR count). The van der Waals surface area contributed by atoms with Crippen LogP contribution in [0.3, 0.4) is 0 Å². The predicted molar refractivity (Wildman–Crippen MR) is 102 cm³/mol. The van der Waals surface area contributed by atoms with E-state index in [0.717, 1.165) is 5.56 Å². The lowest BCUT2D eigenvalue weighted by Gasteiger charge is -2.22. The molecule has 0 heterocycles. The van der Waals surface area contributed by atoms with Gasteiger partial charge in [0.15, 0.2) is 0 Å². The molecule has 6 heteroatoms. The first-order valence-electron chi connectivity index (χ1n) is 9.34. The molecule has 5 N–H and O–H groups in total. The summed E-state index contributed by atoms with van der Waals surface area (Å²) in [6.07, 6.45) is 10.4. The van der Waals surface area contributed by atoms with Gasteiger partial charge in [-0.3, -0.25) is 14.8 Å². The van der Waals surface area contributed by atoms with Crippen LogP contribution in [0.15, 0.2) is 36.4 Å². The van der Waals surface area contributed by atoms with Crippen molar-refractivity contribution in [1.29, 1.82) is 0 Å². The fourth-order valence-electron chi connectivity index (χ4n) is 3.35. The van der Waals surface area contributed by atoms with Crippen molar-refractivity contribution in [3.05, 3.63) is 47.5 Å². The molecular formula is C21H25N3O3. The second kappa shape index (κ2) is 8.38. The normalized spacial score (nSPS) is 19.2. The smallest absolute Gasteiger partial charge is 0.267 e. The van der Waals surface area contributed by atoms with E-state index >= 15 is 0 Å². The maximum atomic E-state index is 12.4. The Kier molecular flexibility index (Phi) is 5.94. The van der Waals surface area contributed by atoms with Crippen LogP contribution >= 0.6 is 0 Å². The van der Waals surface area contributed by atoms with Crippen LogP contribution < -0.4 is 16.5 Å². The molecule has 2 fully saturated rings. The average molecular weight is 367 g/mol. The number of carbonyl (C=O) groups is 2. The van der Waals surface area contributed by atoms with E-state index in [9.17, 15) is 9.59 Å². The summed E-state index contributed by atoms with van der Waals surface area (Å²) in [6, 6.07) is 5.88. The first kappa shape index (κ1) is 19.2. The lowest BCUT2D eigenvalue weighted by molar-refractivity contribution is -0.131. The Balaban J connectivity index is 1.59. The highest BCUT2D eigenvalue weighted by molar-refractivity contribution is 5.98. The van der Waals surface area contributed by atoms with Gasteiger partial charge in [0.25, 0.3) is 11.8 Å². The average Bonchev–Trinajstić information content (AvgIpc) is 3.21. The van der Waals surface area contributed by atoms with Gasteiger partial charge in [0.2, 0.25) is 0 Å². The highest BCUT2D eigenvalue weighted by atomic mass is 16.5. The number of nitrogens with one attached hydrogen (secondary N) is 2. The molecule has 27 heavy (non-hydrogen) atoms. The molecule has 2 amide bonds. The molecule has 2 aliphatic rings. The van der Waals surface area contributed by atoms with Crippen LogP contribution in [0.4, 0.5) is 0 Å². The van der Waals surface area contributed by atoms with E-state index in [1.165, 1.54) is 25.7 Å². The molecule has 0 radical (unpaired) electrons. The van der Waals surface area contributed by atoms with Gasteiger partial charge in [0.05, 0.1) is 0 Å². The minimum absolute atomic E-state index is 0.405. The van der Waals surface area contributed by atoms with Gasteiger partial charge in [-0.2, -0.15) is 0 Å². The number of amides is 2. The second-order valence-corrected chi connectivity index (χ2v) is 7.37. The Labute approximate surface area is 159 Å². The Morgan fingerprint density at radius 2 is 1.89 bits per heavy atom. The molecule has 0 saturated heterocycles. The topological polar surface area (TPSA) is 104 Å². The molecule has 0 unspecified atom stereocenters. The van der Waals surface area contributed by atoms with Crippen molar-refractivity contribution in [2.24, 2.45) is 11.7 Å². The molecule has 2 saturated carbocycles. The molecule has 6 nitrogen and oxygen atoms in total. The summed E-state index contributed by atoms with van der Waals surface area (Å²) in [5.74, 6) is 5.62. The Morgan fingerprint density at radius 1 is 1.22 bits per heavy atom. The number of benzene rings is 1. The van der Waals surface area contributed by atoms with Gasteiger partial charge in [-0.1, -0.05) is 30.8 Å². The van der Waals surface area contributed by atoms with E-state index in [1.54, 1.807) is 29.7 Å². The van der Waals surface area contributed by atoms with Gasteiger partial charge < -0.3 is 11.1 Å². The van der Waals surface area contributed by atoms with Gasteiger partial charge in [-0.05, 0) is 61.9 Å². The third-order valence-corrected chi connectivity index (χ3v) is 5.27.